The molecule has 1 rings (SSSR count). The van der Waals surface area contributed by atoms with Crippen LogP contribution < -0.4 is 16.4 Å². The Morgan fingerprint density at radius 1 is 1.24 bits per heavy atom. The first-order valence-electron chi connectivity index (χ1n) is 5.03. The summed E-state index contributed by atoms with van der Waals surface area (Å²) in [7, 11) is 1.53. The largest absolute Gasteiger partial charge is 0.399 e. The lowest BCUT2D eigenvalue weighted by Gasteiger charge is -2.09. The van der Waals surface area contributed by atoms with E-state index in [0.29, 0.717) is 22.5 Å². The molecule has 0 saturated carbocycles. The van der Waals surface area contributed by atoms with Gasteiger partial charge in [-0.05, 0) is 23.8 Å². The number of benzene rings is 1. The molecule has 5 heteroatoms. The zero-order valence-electron chi connectivity index (χ0n) is 9.83. The van der Waals surface area contributed by atoms with Gasteiger partial charge < -0.3 is 16.4 Å². The van der Waals surface area contributed by atoms with Crippen molar-refractivity contribution >= 4 is 23.2 Å². The highest BCUT2D eigenvalue weighted by molar-refractivity contribution is 5.97. The van der Waals surface area contributed by atoms with Crippen LogP contribution in [0.2, 0.25) is 0 Å². The van der Waals surface area contributed by atoms with Crippen molar-refractivity contribution in [2.75, 3.05) is 12.4 Å². The van der Waals surface area contributed by atoms with Crippen molar-refractivity contribution in [3.05, 3.63) is 35.9 Å². The summed E-state index contributed by atoms with van der Waals surface area (Å²) in [5.41, 5.74) is 7.46. The number of hydrogen-bond acceptors (Lipinski definition) is 3. The van der Waals surface area contributed by atoms with Gasteiger partial charge in [0, 0.05) is 30.9 Å². The maximum absolute atomic E-state index is 11.5. The molecule has 0 radical (unpaired) electrons. The van der Waals surface area contributed by atoms with E-state index in [-0.39, 0.29) is 11.8 Å². The highest BCUT2D eigenvalue weighted by Crippen LogP contribution is 2.18. The standard InChI is InChI=1S/C12H15N3O2/c1-7(13)9-4-10(12(17)14-3)6-11(5-9)15-8(2)16/h4-6H,1,13H2,2-3H3,(H,14,17)(H,15,16). The van der Waals surface area contributed by atoms with Gasteiger partial charge in [-0.25, -0.2) is 0 Å². The van der Waals surface area contributed by atoms with Gasteiger partial charge in [-0.3, -0.25) is 9.59 Å². The molecule has 5 nitrogen and oxygen atoms in total. The van der Waals surface area contributed by atoms with Gasteiger partial charge in [0.05, 0.1) is 0 Å². The fourth-order valence-corrected chi connectivity index (χ4v) is 1.36. The minimum atomic E-state index is -0.250. The van der Waals surface area contributed by atoms with Crippen molar-refractivity contribution in [3.63, 3.8) is 0 Å². The molecule has 0 saturated heterocycles. The van der Waals surface area contributed by atoms with Crippen LogP contribution in [-0.2, 0) is 4.79 Å². The number of hydrogen-bond donors (Lipinski definition) is 3. The molecule has 0 bridgehead atoms. The van der Waals surface area contributed by atoms with Crippen molar-refractivity contribution in [3.8, 4) is 0 Å². The average molecular weight is 233 g/mol. The first kappa shape index (κ1) is 12.8. The monoisotopic (exact) mass is 233 g/mol. The van der Waals surface area contributed by atoms with Gasteiger partial charge >= 0.3 is 0 Å². The minimum absolute atomic E-state index is 0.215. The molecule has 0 spiro atoms. The lowest BCUT2D eigenvalue weighted by atomic mass is 10.1. The summed E-state index contributed by atoms with van der Waals surface area (Å²) in [6.45, 7) is 5.00. The molecule has 17 heavy (non-hydrogen) atoms. The molecule has 1 aromatic rings. The molecule has 0 heterocycles. The summed E-state index contributed by atoms with van der Waals surface area (Å²) in [5.74, 6) is -0.465. The van der Waals surface area contributed by atoms with Crippen LogP contribution in [0, 0.1) is 0 Å². The zero-order valence-corrected chi connectivity index (χ0v) is 9.83. The van der Waals surface area contributed by atoms with Gasteiger partial charge in [-0.15, -0.1) is 0 Å². The highest BCUT2D eigenvalue weighted by Gasteiger charge is 2.08. The predicted molar refractivity (Wildman–Crippen MR) is 67.4 cm³/mol. The molecule has 0 aliphatic carbocycles. The van der Waals surface area contributed by atoms with E-state index in [0.717, 1.165) is 0 Å². The van der Waals surface area contributed by atoms with E-state index in [4.69, 9.17) is 5.73 Å². The molecule has 4 N–H and O–H groups in total. The molecule has 0 atom stereocenters. The number of nitrogens with two attached hydrogens (primary N) is 1. The summed E-state index contributed by atoms with van der Waals surface area (Å²) in [5, 5.41) is 5.11. The second-order valence-corrected chi connectivity index (χ2v) is 3.58. The molecule has 0 aliphatic heterocycles. The Labute approximate surface area is 99.7 Å². The Balaban J connectivity index is 3.23. The first-order chi connectivity index (χ1) is 7.93. The second-order valence-electron chi connectivity index (χ2n) is 3.58. The van der Waals surface area contributed by atoms with Gasteiger partial charge in [0.2, 0.25) is 5.91 Å². The fraction of sp³-hybridized carbons (Fsp3) is 0.167. The molecule has 0 fully saturated rings. The van der Waals surface area contributed by atoms with Crippen LogP contribution in [0.1, 0.15) is 22.8 Å². The minimum Gasteiger partial charge on any atom is -0.399 e. The van der Waals surface area contributed by atoms with Crippen LogP contribution in [0.3, 0.4) is 0 Å². The van der Waals surface area contributed by atoms with Crippen molar-refractivity contribution in [1.82, 2.24) is 5.32 Å². The normalized spacial score (nSPS) is 9.53. The van der Waals surface area contributed by atoms with E-state index in [1.54, 1.807) is 18.2 Å². The number of nitrogens with one attached hydrogen (secondary N) is 2. The third-order valence-corrected chi connectivity index (χ3v) is 2.11. The van der Waals surface area contributed by atoms with Crippen LogP contribution in [0.4, 0.5) is 5.69 Å². The highest BCUT2D eigenvalue weighted by atomic mass is 16.2. The van der Waals surface area contributed by atoms with Crippen molar-refractivity contribution in [2.24, 2.45) is 5.73 Å². The van der Waals surface area contributed by atoms with Crippen molar-refractivity contribution in [1.29, 1.82) is 0 Å². The number of carbonyl (C=O) groups excluding carboxylic acids is 2. The van der Waals surface area contributed by atoms with E-state index in [1.807, 2.05) is 0 Å². The average Bonchev–Trinajstić information content (AvgIpc) is 2.26. The SMILES string of the molecule is C=C(N)c1cc(NC(C)=O)cc(C(=O)NC)c1. The van der Waals surface area contributed by atoms with E-state index < -0.39 is 0 Å². The Morgan fingerprint density at radius 3 is 2.29 bits per heavy atom. The van der Waals surface area contributed by atoms with Gasteiger partial charge in [0.15, 0.2) is 0 Å². The van der Waals surface area contributed by atoms with Gasteiger partial charge in [-0.2, -0.15) is 0 Å². The lowest BCUT2D eigenvalue weighted by Crippen LogP contribution is -2.18. The molecular formula is C12H15N3O2. The first-order valence-corrected chi connectivity index (χ1v) is 5.03. The molecule has 2 amide bonds. The lowest BCUT2D eigenvalue weighted by molar-refractivity contribution is -0.114. The fourth-order valence-electron chi connectivity index (χ4n) is 1.36. The van der Waals surface area contributed by atoms with E-state index in [2.05, 4.69) is 17.2 Å². The molecule has 0 unspecified atom stereocenters. The van der Waals surface area contributed by atoms with E-state index >= 15 is 0 Å². The Hall–Kier alpha value is -2.30. The molecule has 1 aromatic carbocycles. The van der Waals surface area contributed by atoms with Crippen LogP contribution in [0.25, 0.3) is 5.70 Å². The quantitative estimate of drug-likeness (QED) is 0.726. The maximum Gasteiger partial charge on any atom is 0.251 e. The van der Waals surface area contributed by atoms with Crippen LogP contribution in [0.15, 0.2) is 24.8 Å². The molecule has 90 valence electrons. The Bertz CT molecular complexity index is 481. The zero-order chi connectivity index (χ0) is 13.0. The van der Waals surface area contributed by atoms with Gasteiger partial charge in [0.25, 0.3) is 5.91 Å². The molecule has 0 aliphatic rings. The second kappa shape index (κ2) is 5.16. The summed E-state index contributed by atoms with van der Waals surface area (Å²) in [6, 6.07) is 4.86. The van der Waals surface area contributed by atoms with E-state index in [1.165, 1.54) is 14.0 Å². The smallest absolute Gasteiger partial charge is 0.251 e. The molecular weight excluding hydrogens is 218 g/mol. The molecule has 0 aromatic heterocycles. The van der Waals surface area contributed by atoms with E-state index in [9.17, 15) is 9.59 Å². The van der Waals surface area contributed by atoms with Gasteiger partial charge in [0.1, 0.15) is 0 Å². The van der Waals surface area contributed by atoms with Crippen LogP contribution >= 0.6 is 0 Å². The predicted octanol–water partition coefficient (Wildman–Crippen LogP) is 0.934. The van der Waals surface area contributed by atoms with Crippen LogP contribution in [0.5, 0.6) is 0 Å². The third-order valence-electron chi connectivity index (χ3n) is 2.11. The summed E-state index contributed by atoms with van der Waals surface area (Å²) >= 11 is 0. The summed E-state index contributed by atoms with van der Waals surface area (Å²) < 4.78 is 0. The third kappa shape index (κ3) is 3.34. The summed E-state index contributed by atoms with van der Waals surface area (Å²) in [4.78, 5) is 22.5. The topological polar surface area (TPSA) is 84.2 Å². The van der Waals surface area contributed by atoms with Crippen molar-refractivity contribution < 1.29 is 9.59 Å². The van der Waals surface area contributed by atoms with Crippen molar-refractivity contribution in [2.45, 2.75) is 6.92 Å². The Morgan fingerprint density at radius 2 is 1.82 bits per heavy atom. The summed E-state index contributed by atoms with van der Waals surface area (Å²) in [6.07, 6.45) is 0. The maximum atomic E-state index is 11.5. The number of carbonyl (C=O) groups is 2. The Kier molecular flexibility index (Phi) is 3.87. The van der Waals surface area contributed by atoms with Gasteiger partial charge in [-0.1, -0.05) is 6.58 Å². The van der Waals surface area contributed by atoms with Crippen LogP contribution in [-0.4, -0.2) is 18.9 Å². The number of anilines is 1. The number of rotatable bonds is 3. The number of amides is 2.